The van der Waals surface area contributed by atoms with E-state index < -0.39 is 5.97 Å². The highest BCUT2D eigenvalue weighted by Crippen LogP contribution is 2.41. The zero-order valence-electron chi connectivity index (χ0n) is 9.86. The lowest BCUT2D eigenvalue weighted by Crippen LogP contribution is -2.03. The third-order valence-electron chi connectivity index (χ3n) is 2.46. The van der Waals surface area contributed by atoms with Crippen LogP contribution in [0.5, 0.6) is 17.2 Å². The van der Waals surface area contributed by atoms with E-state index in [0.717, 1.165) is 0 Å². The molecule has 0 atom stereocenters. The molecule has 0 radical (unpaired) electrons. The van der Waals surface area contributed by atoms with Crippen molar-refractivity contribution in [2.75, 3.05) is 7.11 Å². The lowest BCUT2D eigenvalue weighted by molar-refractivity contribution is -0.131. The second-order valence-electron chi connectivity index (χ2n) is 3.71. The highest BCUT2D eigenvalue weighted by Gasteiger charge is 2.15. The molecule has 0 saturated heterocycles. The Morgan fingerprint density at radius 3 is 2.61 bits per heavy atom. The number of halogens is 1. The number of benzene rings is 2. The molecule has 0 aliphatic heterocycles. The van der Waals surface area contributed by atoms with Crippen molar-refractivity contribution in [3.05, 3.63) is 29.3 Å². The van der Waals surface area contributed by atoms with Crippen LogP contribution in [0.25, 0.3) is 10.8 Å². The van der Waals surface area contributed by atoms with Gasteiger partial charge in [-0.3, -0.25) is 4.79 Å². The zero-order valence-corrected chi connectivity index (χ0v) is 10.6. The Kier molecular flexibility index (Phi) is 3.30. The molecular formula is C13H11ClO4. The summed E-state index contributed by atoms with van der Waals surface area (Å²) in [6.07, 6.45) is 0. The molecule has 2 aromatic rings. The summed E-state index contributed by atoms with van der Waals surface area (Å²) >= 11 is 5.87. The summed E-state index contributed by atoms with van der Waals surface area (Å²) < 4.78 is 10.2. The number of phenols is 1. The van der Waals surface area contributed by atoms with Gasteiger partial charge in [-0.2, -0.15) is 0 Å². The number of methoxy groups -OCH3 is 1. The smallest absolute Gasteiger partial charge is 0.308 e. The van der Waals surface area contributed by atoms with E-state index in [1.807, 2.05) is 0 Å². The van der Waals surface area contributed by atoms with Gasteiger partial charge >= 0.3 is 5.97 Å². The van der Waals surface area contributed by atoms with E-state index in [-0.39, 0.29) is 17.2 Å². The number of rotatable bonds is 2. The summed E-state index contributed by atoms with van der Waals surface area (Å²) in [7, 11) is 1.43. The molecule has 0 aliphatic carbocycles. The zero-order chi connectivity index (χ0) is 13.3. The van der Waals surface area contributed by atoms with Crippen LogP contribution >= 0.6 is 11.6 Å². The molecule has 0 bridgehead atoms. The summed E-state index contributed by atoms with van der Waals surface area (Å²) in [5.41, 5.74) is 0. The Morgan fingerprint density at radius 1 is 1.28 bits per heavy atom. The molecule has 2 rings (SSSR count). The summed E-state index contributed by atoms with van der Waals surface area (Å²) in [5.74, 6) is 0.113. The van der Waals surface area contributed by atoms with Crippen molar-refractivity contribution < 1.29 is 19.4 Å². The van der Waals surface area contributed by atoms with Gasteiger partial charge < -0.3 is 14.6 Å². The minimum Gasteiger partial charge on any atom is -0.507 e. The van der Waals surface area contributed by atoms with Crippen LogP contribution in [0, 0.1) is 0 Å². The fraction of sp³-hybridized carbons (Fsp3) is 0.154. The van der Waals surface area contributed by atoms with Crippen molar-refractivity contribution in [1.82, 2.24) is 0 Å². The molecular weight excluding hydrogens is 256 g/mol. The molecule has 5 heteroatoms. The third-order valence-corrected chi connectivity index (χ3v) is 2.69. The van der Waals surface area contributed by atoms with Crippen molar-refractivity contribution in [2.24, 2.45) is 0 Å². The second-order valence-corrected chi connectivity index (χ2v) is 4.15. The molecule has 2 aromatic carbocycles. The first-order valence-corrected chi connectivity index (χ1v) is 5.58. The topological polar surface area (TPSA) is 55.8 Å². The second kappa shape index (κ2) is 4.74. The first-order chi connectivity index (χ1) is 8.52. The summed E-state index contributed by atoms with van der Waals surface area (Å²) in [5, 5.41) is 11.4. The highest BCUT2D eigenvalue weighted by molar-refractivity contribution is 6.31. The molecule has 0 fully saturated rings. The van der Waals surface area contributed by atoms with Gasteiger partial charge in [0.2, 0.25) is 0 Å². The van der Waals surface area contributed by atoms with Crippen molar-refractivity contribution in [1.29, 1.82) is 0 Å². The van der Waals surface area contributed by atoms with Crippen LogP contribution in [0.4, 0.5) is 0 Å². The van der Waals surface area contributed by atoms with Crippen LogP contribution in [0.2, 0.25) is 5.02 Å². The van der Waals surface area contributed by atoms with E-state index in [0.29, 0.717) is 15.8 Å². The fourth-order valence-electron chi connectivity index (χ4n) is 1.73. The summed E-state index contributed by atoms with van der Waals surface area (Å²) in [4.78, 5) is 11.1. The molecule has 0 amide bonds. The van der Waals surface area contributed by atoms with Crippen LogP contribution in [0.3, 0.4) is 0 Å². The van der Waals surface area contributed by atoms with E-state index in [1.54, 1.807) is 18.2 Å². The molecule has 0 aliphatic rings. The standard InChI is InChI=1S/C13H11ClO4/c1-7(15)18-13-9-4-3-8(14)5-10(9)11(16)6-12(13)17-2/h3-6,16H,1-2H3. The van der Waals surface area contributed by atoms with Gasteiger partial charge in [-0.05, 0) is 18.2 Å². The summed E-state index contributed by atoms with van der Waals surface area (Å²) in [6.45, 7) is 1.30. The van der Waals surface area contributed by atoms with Crippen LogP contribution < -0.4 is 9.47 Å². The molecule has 18 heavy (non-hydrogen) atoms. The predicted octanol–water partition coefficient (Wildman–Crippen LogP) is 3.13. The number of phenolic OH excluding ortho intramolecular Hbond substituents is 1. The Labute approximate surface area is 109 Å². The lowest BCUT2D eigenvalue weighted by atomic mass is 10.1. The first kappa shape index (κ1) is 12.5. The number of esters is 1. The molecule has 0 saturated carbocycles. The number of carbonyl (C=O) groups excluding carboxylic acids is 1. The fourth-order valence-corrected chi connectivity index (χ4v) is 1.90. The van der Waals surface area contributed by atoms with E-state index in [9.17, 15) is 9.90 Å². The van der Waals surface area contributed by atoms with Crippen LogP contribution in [-0.2, 0) is 4.79 Å². The van der Waals surface area contributed by atoms with Gasteiger partial charge in [0.05, 0.1) is 7.11 Å². The van der Waals surface area contributed by atoms with Gasteiger partial charge in [-0.25, -0.2) is 0 Å². The average Bonchev–Trinajstić information content (AvgIpc) is 2.32. The van der Waals surface area contributed by atoms with Crippen LogP contribution in [-0.4, -0.2) is 18.2 Å². The Bertz CT molecular complexity index is 622. The monoisotopic (exact) mass is 266 g/mol. The van der Waals surface area contributed by atoms with E-state index in [4.69, 9.17) is 21.1 Å². The predicted molar refractivity (Wildman–Crippen MR) is 68.5 cm³/mol. The van der Waals surface area contributed by atoms with E-state index >= 15 is 0 Å². The van der Waals surface area contributed by atoms with Crippen molar-refractivity contribution >= 4 is 28.3 Å². The van der Waals surface area contributed by atoms with E-state index in [1.165, 1.54) is 20.1 Å². The number of ether oxygens (including phenoxy) is 2. The van der Waals surface area contributed by atoms with Crippen molar-refractivity contribution in [2.45, 2.75) is 6.92 Å². The normalized spacial score (nSPS) is 10.4. The van der Waals surface area contributed by atoms with Gasteiger partial charge in [0.1, 0.15) is 5.75 Å². The van der Waals surface area contributed by atoms with Crippen molar-refractivity contribution in [3.63, 3.8) is 0 Å². The van der Waals surface area contributed by atoms with E-state index in [2.05, 4.69) is 0 Å². The first-order valence-electron chi connectivity index (χ1n) is 5.20. The molecule has 4 nitrogen and oxygen atoms in total. The van der Waals surface area contributed by atoms with Gasteiger partial charge in [-0.1, -0.05) is 11.6 Å². The molecule has 0 heterocycles. The maximum absolute atomic E-state index is 11.1. The summed E-state index contributed by atoms with van der Waals surface area (Å²) in [6, 6.07) is 6.30. The van der Waals surface area contributed by atoms with Gasteiger partial charge in [0.15, 0.2) is 11.5 Å². The minimum absolute atomic E-state index is 0.0141. The number of fused-ring (bicyclic) bond motifs is 1. The number of hydrogen-bond acceptors (Lipinski definition) is 4. The molecule has 94 valence electrons. The van der Waals surface area contributed by atoms with Gasteiger partial charge in [0, 0.05) is 28.8 Å². The molecule has 0 aromatic heterocycles. The Morgan fingerprint density at radius 2 is 2.00 bits per heavy atom. The minimum atomic E-state index is -0.463. The van der Waals surface area contributed by atoms with Gasteiger partial charge in [-0.15, -0.1) is 0 Å². The highest BCUT2D eigenvalue weighted by atomic mass is 35.5. The Balaban J connectivity index is 2.78. The Hall–Kier alpha value is -1.94. The van der Waals surface area contributed by atoms with Crippen molar-refractivity contribution in [3.8, 4) is 17.2 Å². The maximum atomic E-state index is 11.1. The number of hydrogen-bond donors (Lipinski definition) is 1. The van der Waals surface area contributed by atoms with Gasteiger partial charge in [0.25, 0.3) is 0 Å². The SMILES string of the molecule is COc1cc(O)c2cc(Cl)ccc2c1OC(C)=O. The maximum Gasteiger partial charge on any atom is 0.308 e. The third kappa shape index (κ3) is 2.19. The van der Waals surface area contributed by atoms with Crippen LogP contribution in [0.1, 0.15) is 6.92 Å². The molecule has 0 spiro atoms. The molecule has 1 N–H and O–H groups in total. The quantitative estimate of drug-likeness (QED) is 0.670. The number of aromatic hydroxyl groups is 1. The average molecular weight is 267 g/mol. The lowest BCUT2D eigenvalue weighted by Gasteiger charge is -2.12. The van der Waals surface area contributed by atoms with Crippen LogP contribution in [0.15, 0.2) is 24.3 Å². The molecule has 0 unspecified atom stereocenters. The largest absolute Gasteiger partial charge is 0.507 e. The number of carbonyl (C=O) groups is 1.